The molecule has 0 saturated carbocycles. The number of benzene rings is 2. The van der Waals surface area contributed by atoms with Crippen molar-refractivity contribution in [2.75, 3.05) is 40.5 Å². The zero-order valence-electron chi connectivity index (χ0n) is 15.1. The highest BCUT2D eigenvalue weighted by Crippen LogP contribution is 2.24. The summed E-state index contributed by atoms with van der Waals surface area (Å²) in [6.45, 7) is 3.39. The molecular formula is C20H24FNO4. The first-order chi connectivity index (χ1) is 12.7. The van der Waals surface area contributed by atoms with Gasteiger partial charge in [-0.2, -0.15) is 0 Å². The summed E-state index contributed by atoms with van der Waals surface area (Å²) in [5, 5.41) is 0. The molecule has 26 heavy (non-hydrogen) atoms. The summed E-state index contributed by atoms with van der Waals surface area (Å²) in [6.07, 6.45) is -0.0560. The second-order valence-corrected chi connectivity index (χ2v) is 6.22. The predicted octanol–water partition coefficient (Wildman–Crippen LogP) is 3.12. The van der Waals surface area contributed by atoms with Crippen molar-refractivity contribution in [1.82, 2.24) is 4.90 Å². The number of rotatable bonds is 7. The Morgan fingerprint density at radius 2 is 1.85 bits per heavy atom. The fraction of sp³-hybridized carbons (Fsp3) is 0.400. The van der Waals surface area contributed by atoms with Crippen LogP contribution in [0.15, 0.2) is 42.5 Å². The average Bonchev–Trinajstić information content (AvgIpc) is 2.66. The molecule has 6 heteroatoms. The van der Waals surface area contributed by atoms with Crippen LogP contribution in [0.5, 0.6) is 17.2 Å². The second kappa shape index (κ2) is 8.87. The predicted molar refractivity (Wildman–Crippen MR) is 96.5 cm³/mol. The van der Waals surface area contributed by atoms with Crippen molar-refractivity contribution in [3.63, 3.8) is 0 Å². The van der Waals surface area contributed by atoms with Crippen LogP contribution < -0.4 is 14.2 Å². The number of hydrogen-bond acceptors (Lipinski definition) is 5. The fourth-order valence-electron chi connectivity index (χ4n) is 2.99. The number of halogens is 1. The van der Waals surface area contributed by atoms with E-state index in [0.29, 0.717) is 19.0 Å². The number of methoxy groups -OCH3 is 2. The molecule has 5 nitrogen and oxygen atoms in total. The van der Waals surface area contributed by atoms with Gasteiger partial charge in [-0.05, 0) is 29.8 Å². The minimum absolute atomic E-state index is 0.0560. The first-order valence-electron chi connectivity index (χ1n) is 8.60. The van der Waals surface area contributed by atoms with Gasteiger partial charge in [-0.25, -0.2) is 4.39 Å². The normalized spacial score (nSPS) is 17.7. The van der Waals surface area contributed by atoms with Crippen molar-refractivity contribution in [2.24, 2.45) is 0 Å². The molecule has 1 aliphatic rings. The molecule has 140 valence electrons. The van der Waals surface area contributed by atoms with Crippen LogP contribution in [-0.4, -0.2) is 51.5 Å². The molecule has 1 saturated heterocycles. The van der Waals surface area contributed by atoms with Crippen molar-refractivity contribution in [3.05, 3.63) is 53.8 Å². The highest BCUT2D eigenvalue weighted by Gasteiger charge is 2.21. The maximum absolute atomic E-state index is 13.2. The van der Waals surface area contributed by atoms with E-state index in [2.05, 4.69) is 4.90 Å². The second-order valence-electron chi connectivity index (χ2n) is 6.22. The van der Waals surface area contributed by atoms with Gasteiger partial charge < -0.3 is 18.9 Å². The maximum atomic E-state index is 13.2. The van der Waals surface area contributed by atoms with Crippen LogP contribution in [0, 0.1) is 5.82 Å². The molecule has 1 unspecified atom stereocenters. The molecule has 3 rings (SSSR count). The summed E-state index contributed by atoms with van der Waals surface area (Å²) in [5.74, 6) is 1.76. The zero-order valence-corrected chi connectivity index (χ0v) is 15.1. The van der Waals surface area contributed by atoms with Gasteiger partial charge in [-0.15, -0.1) is 0 Å². The first-order valence-corrected chi connectivity index (χ1v) is 8.60. The van der Waals surface area contributed by atoms with E-state index in [-0.39, 0.29) is 11.9 Å². The van der Waals surface area contributed by atoms with Gasteiger partial charge in [0.1, 0.15) is 35.8 Å². The Bertz CT molecular complexity index is 702. The standard InChI is InChI=1S/C20H24FNO4/c1-23-18-8-15(9-19(11-18)24-2)12-22-6-7-25-20(13-22)14-26-17-5-3-4-16(21)10-17/h3-5,8-11,20H,6-7,12-14H2,1-2H3. The van der Waals surface area contributed by atoms with Gasteiger partial charge in [-0.3, -0.25) is 4.90 Å². The third-order valence-electron chi connectivity index (χ3n) is 4.27. The van der Waals surface area contributed by atoms with Crippen LogP contribution in [-0.2, 0) is 11.3 Å². The summed E-state index contributed by atoms with van der Waals surface area (Å²) < 4.78 is 35.3. The van der Waals surface area contributed by atoms with Gasteiger partial charge in [0.15, 0.2) is 0 Å². The topological polar surface area (TPSA) is 40.2 Å². The molecule has 0 N–H and O–H groups in total. The number of nitrogens with zero attached hydrogens (tertiary/aromatic N) is 1. The molecule has 0 bridgehead atoms. The Kier molecular flexibility index (Phi) is 6.30. The molecule has 0 aromatic heterocycles. The van der Waals surface area contributed by atoms with E-state index in [0.717, 1.165) is 36.7 Å². The molecular weight excluding hydrogens is 337 g/mol. The number of morpholine rings is 1. The molecule has 1 atom stereocenters. The summed E-state index contributed by atoms with van der Waals surface area (Å²) in [4.78, 5) is 2.30. The zero-order chi connectivity index (χ0) is 18.4. The van der Waals surface area contributed by atoms with Crippen molar-refractivity contribution >= 4 is 0 Å². The quantitative estimate of drug-likeness (QED) is 0.758. The van der Waals surface area contributed by atoms with E-state index in [9.17, 15) is 4.39 Å². The smallest absolute Gasteiger partial charge is 0.126 e. The minimum Gasteiger partial charge on any atom is -0.497 e. The molecule has 2 aromatic carbocycles. The van der Waals surface area contributed by atoms with Gasteiger partial charge >= 0.3 is 0 Å². The molecule has 0 aliphatic carbocycles. The van der Waals surface area contributed by atoms with E-state index in [1.807, 2.05) is 18.2 Å². The average molecular weight is 361 g/mol. The molecule has 1 fully saturated rings. The number of hydrogen-bond donors (Lipinski definition) is 0. The molecule has 1 heterocycles. The van der Waals surface area contributed by atoms with Crippen LogP contribution in [0.3, 0.4) is 0 Å². The van der Waals surface area contributed by atoms with Gasteiger partial charge in [0.25, 0.3) is 0 Å². The van der Waals surface area contributed by atoms with Gasteiger partial charge in [0.2, 0.25) is 0 Å². The van der Waals surface area contributed by atoms with Crippen LogP contribution in [0.25, 0.3) is 0 Å². The lowest BCUT2D eigenvalue weighted by Crippen LogP contribution is -2.44. The van der Waals surface area contributed by atoms with E-state index < -0.39 is 0 Å². The van der Waals surface area contributed by atoms with Crippen molar-refractivity contribution in [3.8, 4) is 17.2 Å². The summed E-state index contributed by atoms with van der Waals surface area (Å²) >= 11 is 0. The largest absolute Gasteiger partial charge is 0.497 e. The monoisotopic (exact) mass is 361 g/mol. The molecule has 2 aromatic rings. The van der Waals surface area contributed by atoms with Gasteiger partial charge in [0.05, 0.1) is 20.8 Å². The van der Waals surface area contributed by atoms with Crippen LogP contribution in [0.2, 0.25) is 0 Å². The summed E-state index contributed by atoms with van der Waals surface area (Å²) in [7, 11) is 3.29. The fourth-order valence-corrected chi connectivity index (χ4v) is 2.99. The SMILES string of the molecule is COc1cc(CN2CCOC(COc3cccc(F)c3)C2)cc(OC)c1. The van der Waals surface area contributed by atoms with Crippen molar-refractivity contribution in [2.45, 2.75) is 12.6 Å². The Labute approximate surface area is 153 Å². The lowest BCUT2D eigenvalue weighted by Gasteiger charge is -2.32. The van der Waals surface area contributed by atoms with Crippen molar-refractivity contribution < 1.29 is 23.3 Å². The minimum atomic E-state index is -0.305. The van der Waals surface area contributed by atoms with E-state index >= 15 is 0 Å². The summed E-state index contributed by atoms with van der Waals surface area (Å²) in [6, 6.07) is 12.0. The lowest BCUT2D eigenvalue weighted by atomic mass is 10.1. The Morgan fingerprint density at radius 1 is 1.08 bits per heavy atom. The molecule has 1 aliphatic heterocycles. The van der Waals surface area contributed by atoms with E-state index in [4.69, 9.17) is 18.9 Å². The molecule has 0 spiro atoms. The highest BCUT2D eigenvalue weighted by molar-refractivity contribution is 5.38. The summed E-state index contributed by atoms with van der Waals surface area (Å²) in [5.41, 5.74) is 1.12. The maximum Gasteiger partial charge on any atom is 0.126 e. The highest BCUT2D eigenvalue weighted by atomic mass is 19.1. The first kappa shape index (κ1) is 18.5. The number of ether oxygens (including phenoxy) is 4. The molecule has 0 amide bonds. The Morgan fingerprint density at radius 3 is 2.54 bits per heavy atom. The third-order valence-corrected chi connectivity index (χ3v) is 4.27. The van der Waals surface area contributed by atoms with Crippen molar-refractivity contribution in [1.29, 1.82) is 0 Å². The van der Waals surface area contributed by atoms with E-state index in [1.165, 1.54) is 12.1 Å². The molecule has 0 radical (unpaired) electrons. The van der Waals surface area contributed by atoms with Gasteiger partial charge in [-0.1, -0.05) is 6.07 Å². The van der Waals surface area contributed by atoms with E-state index in [1.54, 1.807) is 26.4 Å². The van der Waals surface area contributed by atoms with Crippen LogP contribution in [0.1, 0.15) is 5.56 Å². The van der Waals surface area contributed by atoms with Crippen LogP contribution >= 0.6 is 0 Å². The van der Waals surface area contributed by atoms with Crippen LogP contribution in [0.4, 0.5) is 4.39 Å². The van der Waals surface area contributed by atoms with Gasteiger partial charge in [0, 0.05) is 31.8 Å². The lowest BCUT2D eigenvalue weighted by molar-refractivity contribution is -0.0504. The Balaban J connectivity index is 1.56. The third kappa shape index (κ3) is 5.09. The Hall–Kier alpha value is -2.31.